The van der Waals surface area contributed by atoms with Crippen molar-refractivity contribution in [1.82, 2.24) is 10.6 Å². The molecule has 2 saturated heterocycles. The Morgan fingerprint density at radius 1 is 1.13 bits per heavy atom. The first-order chi connectivity index (χ1) is 18.1. The molecule has 4 rings (SSSR count). The molecule has 10 nitrogen and oxygen atoms in total. The molecule has 0 aromatic heterocycles. The molecule has 2 fully saturated rings. The molecule has 2 aliphatic heterocycles. The number of carboxylic acid groups (broad SMARTS) is 1. The number of benzene rings is 2. The number of nitrogens with two attached hydrogens (primary N) is 1. The molecule has 4 atom stereocenters. The zero-order valence-corrected chi connectivity index (χ0v) is 22.7. The summed E-state index contributed by atoms with van der Waals surface area (Å²) in [6.45, 7) is 3.96. The van der Waals surface area contributed by atoms with Crippen molar-refractivity contribution in [1.29, 1.82) is 0 Å². The van der Waals surface area contributed by atoms with Crippen molar-refractivity contribution in [2.45, 2.75) is 51.1 Å². The Morgan fingerprint density at radius 3 is 2.37 bits per heavy atom. The summed E-state index contributed by atoms with van der Waals surface area (Å²) < 4.78 is 0.625. The van der Waals surface area contributed by atoms with Gasteiger partial charge in [-0.3, -0.25) is 19.7 Å². The molecule has 38 heavy (non-hydrogen) atoms. The Morgan fingerprint density at radius 2 is 1.79 bits per heavy atom. The molecule has 2 aromatic carbocycles. The van der Waals surface area contributed by atoms with Crippen LogP contribution in [0.1, 0.15) is 49.4 Å². The van der Waals surface area contributed by atoms with Gasteiger partial charge in [-0.05, 0) is 55.0 Å². The summed E-state index contributed by atoms with van der Waals surface area (Å²) in [4.78, 5) is 53.6. The van der Waals surface area contributed by atoms with Gasteiger partial charge >= 0.3 is 12.0 Å². The summed E-state index contributed by atoms with van der Waals surface area (Å²) in [5.74, 6) is -4.82. The maximum absolute atomic E-state index is 14.2. The Bertz CT molecular complexity index is 1280. The fourth-order valence-corrected chi connectivity index (χ4v) is 6.26. The third kappa shape index (κ3) is 4.54. The lowest BCUT2D eigenvalue weighted by molar-refractivity contribution is -0.149. The summed E-state index contributed by atoms with van der Waals surface area (Å²) >= 11 is 3.38. The number of aromatic hydroxyl groups is 1. The normalized spacial score (nSPS) is 24.5. The summed E-state index contributed by atoms with van der Waals surface area (Å²) in [5.41, 5.74) is 5.78. The van der Waals surface area contributed by atoms with E-state index in [-0.39, 0.29) is 25.1 Å². The van der Waals surface area contributed by atoms with Gasteiger partial charge in [-0.1, -0.05) is 48.0 Å². The number of amides is 4. The number of para-hydroxylation sites is 1. The first-order valence-corrected chi connectivity index (χ1v) is 13.4. The van der Waals surface area contributed by atoms with Crippen LogP contribution < -0.4 is 21.3 Å². The van der Waals surface area contributed by atoms with Crippen molar-refractivity contribution in [3.8, 4) is 5.75 Å². The van der Waals surface area contributed by atoms with E-state index < -0.39 is 47.2 Å². The van der Waals surface area contributed by atoms with Gasteiger partial charge < -0.3 is 21.3 Å². The molecule has 0 bridgehead atoms. The van der Waals surface area contributed by atoms with Crippen LogP contribution in [0.25, 0.3) is 0 Å². The van der Waals surface area contributed by atoms with Crippen LogP contribution in [-0.4, -0.2) is 46.1 Å². The number of aryl methyl sites for hydroxylation is 2. The average molecular weight is 587 g/mol. The minimum absolute atomic E-state index is 0.0576. The number of aliphatic carboxylic acids is 1. The highest BCUT2D eigenvalue weighted by atomic mass is 79.9. The van der Waals surface area contributed by atoms with Crippen molar-refractivity contribution in [2.75, 3.05) is 11.4 Å². The third-order valence-electron chi connectivity index (χ3n) is 7.60. The van der Waals surface area contributed by atoms with Crippen LogP contribution in [0.5, 0.6) is 5.75 Å². The zero-order chi connectivity index (χ0) is 27.8. The Hall–Kier alpha value is -3.44. The maximum Gasteiger partial charge on any atom is 0.324 e. The Labute approximate surface area is 228 Å². The molecule has 4 unspecified atom stereocenters. The van der Waals surface area contributed by atoms with Gasteiger partial charge in [0.2, 0.25) is 11.8 Å². The predicted molar refractivity (Wildman–Crippen MR) is 144 cm³/mol. The van der Waals surface area contributed by atoms with E-state index in [1.54, 1.807) is 12.1 Å². The topological polar surface area (TPSA) is 162 Å². The SMILES string of the molecule is CCc1cccc(CC)c1N1C(=O)C2C(c3cc(Br)ccc3O)NC(CCCNC(N)=O)(C(=O)O)C2C1=O. The van der Waals surface area contributed by atoms with Crippen molar-refractivity contribution < 1.29 is 29.4 Å². The van der Waals surface area contributed by atoms with Crippen LogP contribution >= 0.6 is 15.9 Å². The number of nitrogens with zero attached hydrogens (tertiary/aromatic N) is 1. The Kier molecular flexibility index (Phi) is 7.80. The summed E-state index contributed by atoms with van der Waals surface area (Å²) in [5, 5.41) is 26.8. The summed E-state index contributed by atoms with van der Waals surface area (Å²) in [6, 6.07) is 8.61. The molecule has 0 saturated carbocycles. The van der Waals surface area contributed by atoms with Crippen LogP contribution in [-0.2, 0) is 27.2 Å². The van der Waals surface area contributed by atoms with Gasteiger partial charge in [-0.25, -0.2) is 9.69 Å². The second-order valence-electron chi connectivity index (χ2n) is 9.64. The number of phenolic OH excluding ortho intramolecular Hbond substituents is 1. The van der Waals surface area contributed by atoms with Gasteiger partial charge in [0.25, 0.3) is 0 Å². The maximum atomic E-state index is 14.2. The number of carbonyl (C=O) groups is 4. The van der Waals surface area contributed by atoms with Gasteiger partial charge in [0.1, 0.15) is 11.3 Å². The number of carboxylic acids is 1. The quantitative estimate of drug-likeness (QED) is 0.223. The van der Waals surface area contributed by atoms with Crippen LogP contribution in [0.2, 0.25) is 0 Å². The zero-order valence-electron chi connectivity index (χ0n) is 21.2. The second-order valence-corrected chi connectivity index (χ2v) is 10.6. The predicted octanol–water partition coefficient (Wildman–Crippen LogP) is 3.00. The molecular weight excluding hydrogens is 556 g/mol. The van der Waals surface area contributed by atoms with E-state index in [0.29, 0.717) is 28.6 Å². The van der Waals surface area contributed by atoms with Crippen molar-refractivity contribution in [3.63, 3.8) is 0 Å². The lowest BCUT2D eigenvalue weighted by Crippen LogP contribution is -2.56. The largest absolute Gasteiger partial charge is 0.508 e. The number of primary amides is 1. The van der Waals surface area contributed by atoms with Crippen LogP contribution in [0.4, 0.5) is 10.5 Å². The van der Waals surface area contributed by atoms with Gasteiger partial charge in [0, 0.05) is 22.6 Å². The molecule has 2 aromatic rings. The number of phenols is 1. The number of anilines is 1. The minimum Gasteiger partial charge on any atom is -0.508 e. The third-order valence-corrected chi connectivity index (χ3v) is 8.09. The Balaban J connectivity index is 1.87. The monoisotopic (exact) mass is 586 g/mol. The first kappa shape index (κ1) is 27.6. The number of hydrogen-bond donors (Lipinski definition) is 5. The number of hydrogen-bond acceptors (Lipinski definition) is 6. The molecule has 0 radical (unpaired) electrons. The van der Waals surface area contributed by atoms with E-state index in [4.69, 9.17) is 5.73 Å². The number of fused-ring (bicyclic) bond motifs is 1. The van der Waals surface area contributed by atoms with E-state index in [2.05, 4.69) is 26.6 Å². The number of nitrogens with one attached hydrogen (secondary N) is 2. The first-order valence-electron chi connectivity index (χ1n) is 12.6. The summed E-state index contributed by atoms with van der Waals surface area (Å²) in [7, 11) is 0. The number of imide groups is 1. The van der Waals surface area contributed by atoms with Gasteiger partial charge in [-0.15, -0.1) is 0 Å². The highest BCUT2D eigenvalue weighted by Crippen LogP contribution is 2.53. The lowest BCUT2D eigenvalue weighted by Gasteiger charge is -2.32. The fourth-order valence-electron chi connectivity index (χ4n) is 5.88. The molecule has 6 N–H and O–H groups in total. The van der Waals surface area contributed by atoms with Gasteiger partial charge in [0.15, 0.2) is 0 Å². The van der Waals surface area contributed by atoms with E-state index in [1.165, 1.54) is 6.07 Å². The van der Waals surface area contributed by atoms with Crippen LogP contribution in [0, 0.1) is 11.8 Å². The van der Waals surface area contributed by atoms with Gasteiger partial charge in [0.05, 0.1) is 17.5 Å². The number of carbonyl (C=O) groups excluding carboxylic acids is 3. The fraction of sp³-hybridized carbons (Fsp3) is 0.407. The lowest BCUT2D eigenvalue weighted by atomic mass is 9.77. The van der Waals surface area contributed by atoms with E-state index >= 15 is 0 Å². The highest BCUT2D eigenvalue weighted by Gasteiger charge is 2.68. The standard InChI is InChI=1S/C27H31BrN4O6/c1-3-14-7-5-8-15(4-2)22(14)32-23(34)19-20(24(32)35)27(25(36)37,11-6-12-30-26(29)38)31-21(19)17-13-16(28)9-10-18(17)33/h5,7-10,13,19-21,31,33H,3-4,6,11-12H2,1-2H3,(H,36,37)(H3,29,30,38). The number of halogens is 1. The molecule has 2 aliphatic rings. The summed E-state index contributed by atoms with van der Waals surface area (Å²) in [6.07, 6.45) is 1.28. The molecule has 202 valence electrons. The molecule has 2 heterocycles. The molecule has 0 spiro atoms. The van der Waals surface area contributed by atoms with Crippen molar-refractivity contribution in [3.05, 3.63) is 57.6 Å². The number of urea groups is 1. The van der Waals surface area contributed by atoms with Crippen LogP contribution in [0.3, 0.4) is 0 Å². The molecule has 4 amide bonds. The average Bonchev–Trinajstić information content (AvgIpc) is 3.36. The van der Waals surface area contributed by atoms with Crippen molar-refractivity contribution in [2.24, 2.45) is 17.6 Å². The molecule has 0 aliphatic carbocycles. The van der Waals surface area contributed by atoms with E-state index in [9.17, 15) is 29.4 Å². The highest BCUT2D eigenvalue weighted by molar-refractivity contribution is 9.10. The smallest absolute Gasteiger partial charge is 0.324 e. The van der Waals surface area contributed by atoms with Crippen LogP contribution in [0.15, 0.2) is 40.9 Å². The number of rotatable bonds is 9. The van der Waals surface area contributed by atoms with Gasteiger partial charge in [-0.2, -0.15) is 0 Å². The molecule has 11 heteroatoms. The van der Waals surface area contributed by atoms with E-state index in [0.717, 1.165) is 16.0 Å². The van der Waals surface area contributed by atoms with Crippen molar-refractivity contribution >= 4 is 45.4 Å². The minimum atomic E-state index is -1.82. The second kappa shape index (κ2) is 10.7. The molecular formula is C27H31BrN4O6. The van der Waals surface area contributed by atoms with E-state index in [1.807, 2.05) is 32.0 Å².